The first kappa shape index (κ1) is 19.1. The van der Waals surface area contributed by atoms with Crippen molar-refractivity contribution < 1.29 is 19.1 Å². The monoisotopic (exact) mass is 386 g/mol. The minimum Gasteiger partial charge on any atom is -0.478 e. The number of hydrogen-bond donors (Lipinski definition) is 2. The van der Waals surface area contributed by atoms with Crippen LogP contribution in [0.2, 0.25) is 0 Å². The van der Waals surface area contributed by atoms with Crippen LogP contribution in [0.4, 0.5) is 0 Å². The minimum atomic E-state index is -0.982. The molecule has 0 bridgehead atoms. The van der Waals surface area contributed by atoms with Gasteiger partial charge in [-0.25, -0.2) is 9.78 Å². The number of amides is 1. The lowest BCUT2D eigenvalue weighted by Gasteiger charge is -2.04. The molecule has 2 N–H and O–H groups in total. The van der Waals surface area contributed by atoms with Crippen LogP contribution in [-0.4, -0.2) is 28.5 Å². The fraction of sp³-hybridized carbons (Fsp3) is 0.350. The second kappa shape index (κ2) is 8.81. The van der Waals surface area contributed by atoms with Crippen molar-refractivity contribution in [3.8, 4) is 0 Å². The van der Waals surface area contributed by atoms with E-state index in [-0.39, 0.29) is 11.5 Å². The summed E-state index contributed by atoms with van der Waals surface area (Å²) in [5, 5.41) is 13.0. The van der Waals surface area contributed by atoms with Gasteiger partial charge in [-0.05, 0) is 44.4 Å². The fourth-order valence-electron chi connectivity index (χ4n) is 2.89. The molecule has 0 aliphatic heterocycles. The Labute approximate surface area is 161 Å². The third-order valence-corrected chi connectivity index (χ3v) is 5.35. The highest BCUT2D eigenvalue weighted by atomic mass is 32.1. The second-order valence-corrected chi connectivity index (χ2v) is 7.49. The van der Waals surface area contributed by atoms with Gasteiger partial charge in [0.05, 0.1) is 15.2 Å². The average Bonchev–Trinajstić information content (AvgIpc) is 3.21. The van der Waals surface area contributed by atoms with Crippen molar-refractivity contribution in [2.75, 3.05) is 6.54 Å². The molecule has 2 aromatic heterocycles. The Morgan fingerprint density at radius 2 is 2.04 bits per heavy atom. The summed E-state index contributed by atoms with van der Waals surface area (Å²) in [4.78, 5) is 27.5. The number of hydrogen-bond acceptors (Lipinski definition) is 5. The molecule has 7 heteroatoms. The number of carbonyl (C=O) groups is 2. The van der Waals surface area contributed by atoms with Gasteiger partial charge in [-0.1, -0.05) is 12.1 Å². The summed E-state index contributed by atoms with van der Waals surface area (Å²) < 4.78 is 6.60. The van der Waals surface area contributed by atoms with Crippen LogP contribution in [0.25, 0.3) is 10.2 Å². The quantitative estimate of drug-likeness (QED) is 0.543. The summed E-state index contributed by atoms with van der Waals surface area (Å²) in [6.45, 7) is 2.18. The SMILES string of the molecule is Cc1oc(CCCNC(=O)CCCc2nc3ccccc3s2)cc1C(=O)O. The van der Waals surface area contributed by atoms with Gasteiger partial charge in [-0.15, -0.1) is 11.3 Å². The second-order valence-electron chi connectivity index (χ2n) is 6.37. The molecular formula is C20H22N2O4S. The highest BCUT2D eigenvalue weighted by Gasteiger charge is 2.13. The zero-order chi connectivity index (χ0) is 19.2. The number of carboxylic acid groups (broad SMARTS) is 1. The topological polar surface area (TPSA) is 92.4 Å². The molecule has 0 atom stereocenters. The van der Waals surface area contributed by atoms with Crippen molar-refractivity contribution in [3.05, 3.63) is 52.4 Å². The van der Waals surface area contributed by atoms with Gasteiger partial charge in [0.15, 0.2) is 0 Å². The van der Waals surface area contributed by atoms with Gasteiger partial charge in [0.2, 0.25) is 5.91 Å². The van der Waals surface area contributed by atoms with Crippen LogP contribution in [0, 0.1) is 6.92 Å². The van der Waals surface area contributed by atoms with E-state index in [2.05, 4.69) is 16.4 Å². The summed E-state index contributed by atoms with van der Waals surface area (Å²) in [5.74, 6) is 0.0910. The molecule has 0 radical (unpaired) electrons. The average molecular weight is 386 g/mol. The molecular weight excluding hydrogens is 364 g/mol. The number of nitrogens with one attached hydrogen (secondary N) is 1. The fourth-order valence-corrected chi connectivity index (χ4v) is 3.89. The van der Waals surface area contributed by atoms with Crippen molar-refractivity contribution in [1.29, 1.82) is 0 Å². The van der Waals surface area contributed by atoms with Crippen LogP contribution in [-0.2, 0) is 17.6 Å². The molecule has 1 amide bonds. The molecule has 2 heterocycles. The van der Waals surface area contributed by atoms with E-state index < -0.39 is 5.97 Å². The molecule has 0 saturated heterocycles. The maximum Gasteiger partial charge on any atom is 0.339 e. The largest absolute Gasteiger partial charge is 0.478 e. The highest BCUT2D eigenvalue weighted by Crippen LogP contribution is 2.22. The first-order chi connectivity index (χ1) is 13.0. The minimum absolute atomic E-state index is 0.0259. The van der Waals surface area contributed by atoms with E-state index in [1.165, 1.54) is 4.70 Å². The molecule has 3 rings (SSSR count). The van der Waals surface area contributed by atoms with Crippen LogP contribution in [0.5, 0.6) is 0 Å². The van der Waals surface area contributed by atoms with E-state index in [0.29, 0.717) is 37.3 Å². The lowest BCUT2D eigenvalue weighted by Crippen LogP contribution is -2.24. The third-order valence-electron chi connectivity index (χ3n) is 4.25. The van der Waals surface area contributed by atoms with Crippen LogP contribution in [0.1, 0.15) is 46.1 Å². The first-order valence-electron chi connectivity index (χ1n) is 8.96. The highest BCUT2D eigenvalue weighted by molar-refractivity contribution is 7.18. The lowest BCUT2D eigenvalue weighted by atomic mass is 10.2. The molecule has 1 aromatic carbocycles. The van der Waals surface area contributed by atoms with Gasteiger partial charge < -0.3 is 14.8 Å². The summed E-state index contributed by atoms with van der Waals surface area (Å²) >= 11 is 1.68. The number of carboxylic acids is 1. The standard InChI is InChI=1S/C20H22N2O4S/c1-13-15(20(24)25)12-14(26-13)6-5-11-21-18(23)9-4-10-19-22-16-7-2-3-8-17(16)27-19/h2-3,7-8,12H,4-6,9-11H2,1H3,(H,21,23)(H,24,25). The predicted octanol–water partition coefficient (Wildman–Crippen LogP) is 3.97. The Kier molecular flexibility index (Phi) is 6.24. The van der Waals surface area contributed by atoms with Crippen LogP contribution in [0.3, 0.4) is 0 Å². The van der Waals surface area contributed by atoms with E-state index in [1.807, 2.05) is 18.2 Å². The number of aryl methyl sites for hydroxylation is 3. The van der Waals surface area contributed by atoms with Gasteiger partial charge in [0.25, 0.3) is 0 Å². The van der Waals surface area contributed by atoms with Crippen molar-refractivity contribution in [2.24, 2.45) is 0 Å². The van der Waals surface area contributed by atoms with E-state index >= 15 is 0 Å². The number of aromatic nitrogens is 1. The van der Waals surface area contributed by atoms with Gasteiger partial charge in [0, 0.05) is 19.4 Å². The molecule has 0 aliphatic rings. The van der Waals surface area contributed by atoms with Gasteiger partial charge >= 0.3 is 5.97 Å². The van der Waals surface area contributed by atoms with E-state index in [9.17, 15) is 9.59 Å². The number of para-hydroxylation sites is 1. The maximum absolute atomic E-state index is 11.9. The van der Waals surface area contributed by atoms with Gasteiger partial charge in [0.1, 0.15) is 17.1 Å². The molecule has 0 aliphatic carbocycles. The Balaban J connectivity index is 1.34. The molecule has 142 valence electrons. The van der Waals surface area contributed by atoms with Crippen LogP contribution >= 0.6 is 11.3 Å². The molecule has 0 fully saturated rings. The summed E-state index contributed by atoms with van der Waals surface area (Å²) in [6, 6.07) is 9.60. The number of aromatic carboxylic acids is 1. The Morgan fingerprint density at radius 3 is 2.78 bits per heavy atom. The van der Waals surface area contributed by atoms with E-state index in [4.69, 9.17) is 9.52 Å². The third kappa shape index (κ3) is 5.17. The van der Waals surface area contributed by atoms with Crippen molar-refractivity contribution >= 4 is 33.4 Å². The number of nitrogens with zero attached hydrogens (tertiary/aromatic N) is 1. The van der Waals surface area contributed by atoms with Crippen molar-refractivity contribution in [2.45, 2.75) is 39.0 Å². The van der Waals surface area contributed by atoms with Crippen molar-refractivity contribution in [3.63, 3.8) is 0 Å². The number of furan rings is 1. The van der Waals surface area contributed by atoms with E-state index in [1.54, 1.807) is 24.3 Å². The number of fused-ring (bicyclic) bond motifs is 1. The number of benzene rings is 1. The van der Waals surface area contributed by atoms with Crippen molar-refractivity contribution in [1.82, 2.24) is 10.3 Å². The number of rotatable bonds is 9. The molecule has 0 saturated carbocycles. The number of thiazole rings is 1. The van der Waals surface area contributed by atoms with Gasteiger partial charge in [-0.2, -0.15) is 0 Å². The summed E-state index contributed by atoms with van der Waals surface area (Å²) in [7, 11) is 0. The Bertz CT molecular complexity index is 912. The lowest BCUT2D eigenvalue weighted by molar-refractivity contribution is -0.121. The molecule has 0 unspecified atom stereocenters. The first-order valence-corrected chi connectivity index (χ1v) is 9.78. The zero-order valence-corrected chi connectivity index (χ0v) is 16.0. The maximum atomic E-state index is 11.9. The normalized spacial score (nSPS) is 11.0. The molecule has 0 spiro atoms. The Hall–Kier alpha value is -2.67. The summed E-state index contributed by atoms with van der Waals surface area (Å²) in [6.07, 6.45) is 3.34. The summed E-state index contributed by atoms with van der Waals surface area (Å²) in [5.41, 5.74) is 1.21. The van der Waals surface area contributed by atoms with Crippen LogP contribution < -0.4 is 5.32 Å². The molecule has 6 nitrogen and oxygen atoms in total. The predicted molar refractivity (Wildman–Crippen MR) is 104 cm³/mol. The molecule has 3 aromatic rings. The Morgan fingerprint density at radius 1 is 1.22 bits per heavy atom. The molecule has 27 heavy (non-hydrogen) atoms. The van der Waals surface area contributed by atoms with E-state index in [0.717, 1.165) is 23.4 Å². The van der Waals surface area contributed by atoms with Gasteiger partial charge in [-0.3, -0.25) is 4.79 Å². The van der Waals surface area contributed by atoms with Crippen LogP contribution in [0.15, 0.2) is 34.7 Å². The smallest absolute Gasteiger partial charge is 0.339 e. The zero-order valence-electron chi connectivity index (χ0n) is 15.2. The number of carbonyl (C=O) groups excluding carboxylic acids is 1.